The second-order valence-electron chi connectivity index (χ2n) is 5.86. The summed E-state index contributed by atoms with van der Waals surface area (Å²) in [5, 5.41) is 14.4. The average Bonchev–Trinajstić information content (AvgIpc) is 3.00. The number of benzene rings is 1. The lowest BCUT2D eigenvalue weighted by Gasteiger charge is -2.16. The second kappa shape index (κ2) is 9.27. The summed E-state index contributed by atoms with van der Waals surface area (Å²) >= 11 is 6.11. The summed E-state index contributed by atoms with van der Waals surface area (Å²) in [5.74, 6) is -1.06. The minimum atomic E-state index is -0.783. The summed E-state index contributed by atoms with van der Waals surface area (Å²) in [6.45, 7) is 1.62. The number of carbonyl (C=O) groups is 3. The number of urea groups is 1. The molecule has 1 heterocycles. The third-order valence-electron chi connectivity index (χ3n) is 3.97. The molecule has 2 rings (SSSR count). The third-order valence-corrected chi connectivity index (χ3v) is 4.30. The van der Waals surface area contributed by atoms with Crippen LogP contribution in [0.4, 0.5) is 10.5 Å². The van der Waals surface area contributed by atoms with Gasteiger partial charge < -0.3 is 15.7 Å². The van der Waals surface area contributed by atoms with Gasteiger partial charge in [0.1, 0.15) is 0 Å². The second-order valence-corrected chi connectivity index (χ2v) is 6.27. The Balaban J connectivity index is 1.82. The Labute approximate surface area is 151 Å². The predicted molar refractivity (Wildman–Crippen MR) is 95.3 cm³/mol. The number of halogens is 1. The summed E-state index contributed by atoms with van der Waals surface area (Å²) < 4.78 is 0. The number of carbonyl (C=O) groups excluding carboxylic acids is 2. The summed E-state index contributed by atoms with van der Waals surface area (Å²) in [4.78, 5) is 36.0. The zero-order chi connectivity index (χ0) is 18.2. The average molecular weight is 368 g/mol. The molecule has 0 unspecified atom stereocenters. The maximum absolute atomic E-state index is 12.3. The Morgan fingerprint density at radius 1 is 1.24 bits per heavy atom. The number of carboxylic acid groups (broad SMARTS) is 1. The van der Waals surface area contributed by atoms with Crippen molar-refractivity contribution in [2.24, 2.45) is 0 Å². The lowest BCUT2D eigenvalue weighted by atomic mass is 10.1. The van der Waals surface area contributed by atoms with Gasteiger partial charge in [0.05, 0.1) is 10.6 Å². The van der Waals surface area contributed by atoms with Crippen LogP contribution in [0.3, 0.4) is 0 Å². The first-order valence-electron chi connectivity index (χ1n) is 8.34. The van der Waals surface area contributed by atoms with Crippen molar-refractivity contribution in [3.8, 4) is 0 Å². The minimum absolute atomic E-state index is 0.179. The smallest absolute Gasteiger partial charge is 0.321 e. The standard InChI is InChI=1S/C17H22ClN3O4/c18-14-7-6-12(21-10-9-20-17(21)25)11-13(14)16(24)19-8-4-2-1-3-5-15(22)23/h6-7,11H,1-5,8-10H2,(H,19,24)(H,20,25)(H,22,23). The molecule has 0 atom stereocenters. The Morgan fingerprint density at radius 2 is 2.00 bits per heavy atom. The zero-order valence-corrected chi connectivity index (χ0v) is 14.6. The van der Waals surface area contributed by atoms with Gasteiger partial charge in [-0.25, -0.2) is 4.79 Å². The Hall–Kier alpha value is -2.28. The van der Waals surface area contributed by atoms with Crippen molar-refractivity contribution in [1.29, 1.82) is 0 Å². The lowest BCUT2D eigenvalue weighted by molar-refractivity contribution is -0.137. The van der Waals surface area contributed by atoms with Crippen LogP contribution in [0, 0.1) is 0 Å². The highest BCUT2D eigenvalue weighted by Gasteiger charge is 2.22. The summed E-state index contributed by atoms with van der Waals surface area (Å²) in [5.41, 5.74) is 0.975. The normalized spacial score (nSPS) is 13.6. The van der Waals surface area contributed by atoms with E-state index in [4.69, 9.17) is 16.7 Å². The number of rotatable bonds is 9. The van der Waals surface area contributed by atoms with E-state index in [0.717, 1.165) is 19.3 Å². The van der Waals surface area contributed by atoms with Crippen molar-refractivity contribution in [2.45, 2.75) is 32.1 Å². The van der Waals surface area contributed by atoms with E-state index in [1.54, 1.807) is 23.1 Å². The topological polar surface area (TPSA) is 98.7 Å². The van der Waals surface area contributed by atoms with Gasteiger partial charge in [-0.05, 0) is 31.0 Å². The zero-order valence-electron chi connectivity index (χ0n) is 13.9. The van der Waals surface area contributed by atoms with E-state index in [2.05, 4.69) is 10.6 Å². The Bertz CT molecular complexity index is 651. The lowest BCUT2D eigenvalue weighted by Crippen LogP contribution is -2.29. The highest BCUT2D eigenvalue weighted by Crippen LogP contribution is 2.24. The van der Waals surface area contributed by atoms with Gasteiger partial charge in [-0.1, -0.05) is 24.4 Å². The molecule has 0 radical (unpaired) electrons. The van der Waals surface area contributed by atoms with E-state index in [1.807, 2.05) is 0 Å². The number of carboxylic acids is 1. The van der Waals surface area contributed by atoms with E-state index >= 15 is 0 Å². The van der Waals surface area contributed by atoms with Crippen LogP contribution in [0.5, 0.6) is 0 Å². The van der Waals surface area contributed by atoms with Gasteiger partial charge in [0.2, 0.25) is 0 Å². The summed E-state index contributed by atoms with van der Waals surface area (Å²) in [7, 11) is 0. The van der Waals surface area contributed by atoms with Crippen molar-refractivity contribution < 1.29 is 19.5 Å². The van der Waals surface area contributed by atoms with Gasteiger partial charge in [-0.15, -0.1) is 0 Å². The molecule has 1 aliphatic rings. The van der Waals surface area contributed by atoms with Crippen LogP contribution in [0.2, 0.25) is 5.02 Å². The number of anilines is 1. The van der Waals surface area contributed by atoms with Crippen LogP contribution in [0.1, 0.15) is 42.5 Å². The Kier molecular flexibility index (Phi) is 7.06. The van der Waals surface area contributed by atoms with Crippen LogP contribution in [-0.4, -0.2) is 42.6 Å². The van der Waals surface area contributed by atoms with Crippen molar-refractivity contribution >= 4 is 35.2 Å². The van der Waals surface area contributed by atoms with Crippen LogP contribution in [-0.2, 0) is 4.79 Å². The van der Waals surface area contributed by atoms with Crippen LogP contribution >= 0.6 is 11.6 Å². The fraction of sp³-hybridized carbons (Fsp3) is 0.471. The van der Waals surface area contributed by atoms with Gasteiger partial charge >= 0.3 is 12.0 Å². The quantitative estimate of drug-likeness (QED) is 0.584. The first-order valence-corrected chi connectivity index (χ1v) is 8.72. The molecular formula is C17H22ClN3O4. The van der Waals surface area contributed by atoms with E-state index < -0.39 is 5.97 Å². The molecule has 1 aromatic rings. The molecule has 3 N–H and O–H groups in total. The molecule has 0 aromatic heterocycles. The molecule has 3 amide bonds. The number of aliphatic carboxylic acids is 1. The largest absolute Gasteiger partial charge is 0.481 e. The first-order chi connectivity index (χ1) is 12.0. The number of hydrogen-bond acceptors (Lipinski definition) is 3. The number of hydrogen-bond donors (Lipinski definition) is 3. The highest BCUT2D eigenvalue weighted by atomic mass is 35.5. The Morgan fingerprint density at radius 3 is 2.68 bits per heavy atom. The molecule has 1 fully saturated rings. The molecule has 7 nitrogen and oxygen atoms in total. The number of nitrogens with one attached hydrogen (secondary N) is 2. The van der Waals surface area contributed by atoms with Crippen molar-refractivity contribution in [1.82, 2.24) is 10.6 Å². The number of unbranched alkanes of at least 4 members (excludes halogenated alkanes) is 3. The van der Waals surface area contributed by atoms with E-state index in [0.29, 0.717) is 42.3 Å². The molecule has 0 spiro atoms. The SMILES string of the molecule is O=C(O)CCCCCCNC(=O)c1cc(N2CCNC2=O)ccc1Cl. The highest BCUT2D eigenvalue weighted by molar-refractivity contribution is 6.34. The van der Waals surface area contributed by atoms with Crippen molar-refractivity contribution in [2.75, 3.05) is 24.5 Å². The van der Waals surface area contributed by atoms with Gasteiger partial charge in [0.25, 0.3) is 5.91 Å². The van der Waals surface area contributed by atoms with E-state index in [9.17, 15) is 14.4 Å². The molecule has 0 bridgehead atoms. The molecule has 136 valence electrons. The maximum Gasteiger partial charge on any atom is 0.321 e. The monoisotopic (exact) mass is 367 g/mol. The number of amides is 3. The molecule has 25 heavy (non-hydrogen) atoms. The maximum atomic E-state index is 12.3. The van der Waals surface area contributed by atoms with Crippen molar-refractivity contribution in [3.63, 3.8) is 0 Å². The van der Waals surface area contributed by atoms with E-state index in [-0.39, 0.29) is 18.4 Å². The van der Waals surface area contributed by atoms with Crippen LogP contribution in [0.25, 0.3) is 0 Å². The van der Waals surface area contributed by atoms with Crippen LogP contribution < -0.4 is 15.5 Å². The van der Waals surface area contributed by atoms with Crippen LogP contribution in [0.15, 0.2) is 18.2 Å². The van der Waals surface area contributed by atoms with E-state index in [1.165, 1.54) is 0 Å². The third kappa shape index (κ3) is 5.63. The van der Waals surface area contributed by atoms with Gasteiger partial charge in [-0.2, -0.15) is 0 Å². The summed E-state index contributed by atoms with van der Waals surface area (Å²) in [6, 6.07) is 4.76. The molecule has 0 aliphatic carbocycles. The molecule has 0 saturated carbocycles. The number of nitrogens with zero attached hydrogens (tertiary/aromatic N) is 1. The molecule has 1 saturated heterocycles. The van der Waals surface area contributed by atoms with Gasteiger partial charge in [-0.3, -0.25) is 14.5 Å². The van der Waals surface area contributed by atoms with Crippen molar-refractivity contribution in [3.05, 3.63) is 28.8 Å². The molecule has 8 heteroatoms. The van der Waals surface area contributed by atoms with Gasteiger partial charge in [0, 0.05) is 31.7 Å². The fourth-order valence-corrected chi connectivity index (χ4v) is 2.83. The predicted octanol–water partition coefficient (Wildman–Crippen LogP) is 2.63. The fourth-order valence-electron chi connectivity index (χ4n) is 2.63. The first kappa shape index (κ1) is 19.1. The molecule has 1 aromatic carbocycles. The molecule has 1 aliphatic heterocycles. The summed E-state index contributed by atoms with van der Waals surface area (Å²) in [6.07, 6.45) is 3.28. The van der Waals surface area contributed by atoms with Gasteiger partial charge in [0.15, 0.2) is 0 Å². The molecular weight excluding hydrogens is 346 g/mol. The minimum Gasteiger partial charge on any atom is -0.481 e.